The van der Waals surface area contributed by atoms with Crippen molar-refractivity contribution >= 4 is 34.5 Å². The van der Waals surface area contributed by atoms with Crippen molar-refractivity contribution in [1.82, 2.24) is 25.8 Å². The summed E-state index contributed by atoms with van der Waals surface area (Å²) in [6.07, 6.45) is 3.93. The fraction of sp³-hybridized carbons (Fsp3) is 0.474. The Balaban J connectivity index is 1.36. The molecule has 0 spiro atoms. The highest BCUT2D eigenvalue weighted by atomic mass is 16.2. The second-order valence-electron chi connectivity index (χ2n) is 13.6. The van der Waals surface area contributed by atoms with Gasteiger partial charge in [0, 0.05) is 57.6 Å². The number of benzene rings is 3. The Morgan fingerprint density at radius 1 is 0.917 bits per heavy atom. The molecule has 10 heteroatoms. The van der Waals surface area contributed by atoms with Crippen LogP contribution in [0.2, 0.25) is 0 Å². The summed E-state index contributed by atoms with van der Waals surface area (Å²) in [5, 5.41) is 11.2. The average Bonchev–Trinajstić information content (AvgIpc) is 3.08. The number of piperidine rings is 2. The predicted octanol–water partition coefficient (Wildman–Crippen LogP) is 3.77. The Labute approximate surface area is 283 Å². The molecule has 2 aliphatic rings. The van der Waals surface area contributed by atoms with Gasteiger partial charge in [-0.3, -0.25) is 14.4 Å². The summed E-state index contributed by atoms with van der Waals surface area (Å²) < 4.78 is 0. The second kappa shape index (κ2) is 16.1. The fourth-order valence-corrected chi connectivity index (χ4v) is 7.20. The van der Waals surface area contributed by atoms with E-state index in [2.05, 4.69) is 22.0 Å². The number of rotatable bonds is 11. The Kier molecular flexibility index (Phi) is 11.7. The number of fused-ring (bicyclic) bond motifs is 1. The first-order valence-corrected chi connectivity index (χ1v) is 17.3. The molecule has 3 aromatic carbocycles. The van der Waals surface area contributed by atoms with Crippen LogP contribution in [-0.2, 0) is 27.2 Å². The molecule has 0 radical (unpaired) electrons. The van der Waals surface area contributed by atoms with Gasteiger partial charge in [0.05, 0.1) is 5.41 Å². The summed E-state index contributed by atoms with van der Waals surface area (Å²) in [5.74, 6) is -0.279. The van der Waals surface area contributed by atoms with Gasteiger partial charge in [-0.15, -0.1) is 0 Å². The van der Waals surface area contributed by atoms with Gasteiger partial charge in [-0.1, -0.05) is 72.8 Å². The molecule has 4 unspecified atom stereocenters. The van der Waals surface area contributed by atoms with Crippen LogP contribution in [0.4, 0.5) is 4.79 Å². The van der Waals surface area contributed by atoms with Crippen LogP contribution in [-0.4, -0.2) is 84.4 Å². The fourth-order valence-electron chi connectivity index (χ4n) is 7.20. The largest absolute Gasteiger partial charge is 0.356 e. The van der Waals surface area contributed by atoms with Crippen molar-refractivity contribution in [3.63, 3.8) is 0 Å². The van der Waals surface area contributed by atoms with Gasteiger partial charge in [0.25, 0.3) is 0 Å². The highest BCUT2D eigenvalue weighted by Gasteiger charge is 2.44. The molecule has 2 aliphatic heterocycles. The number of carbonyl (C=O) groups excluding carboxylic acids is 4. The minimum atomic E-state index is -0.854. The number of nitrogens with two attached hydrogens (primary N) is 1. The molecule has 3 aromatic rings. The molecule has 2 saturated heterocycles. The van der Waals surface area contributed by atoms with E-state index in [1.54, 1.807) is 9.80 Å². The average molecular weight is 655 g/mol. The van der Waals surface area contributed by atoms with Crippen molar-refractivity contribution in [1.29, 1.82) is 0 Å². The lowest BCUT2D eigenvalue weighted by molar-refractivity contribution is -0.142. The maximum Gasteiger partial charge on any atom is 0.315 e. The van der Waals surface area contributed by atoms with Gasteiger partial charge in [-0.2, -0.15) is 0 Å². The lowest BCUT2D eigenvalue weighted by Gasteiger charge is -2.43. The van der Waals surface area contributed by atoms with Gasteiger partial charge in [0.15, 0.2) is 0 Å². The van der Waals surface area contributed by atoms with Gasteiger partial charge in [-0.05, 0) is 67.9 Å². The van der Waals surface area contributed by atoms with Crippen molar-refractivity contribution in [2.24, 2.45) is 11.1 Å². The smallest absolute Gasteiger partial charge is 0.315 e. The minimum Gasteiger partial charge on any atom is -0.356 e. The van der Waals surface area contributed by atoms with Crippen LogP contribution in [0.3, 0.4) is 0 Å². The third-order valence-corrected chi connectivity index (χ3v) is 9.56. The molecule has 0 bridgehead atoms. The Morgan fingerprint density at radius 3 is 2.40 bits per heavy atom. The van der Waals surface area contributed by atoms with Gasteiger partial charge < -0.3 is 31.5 Å². The summed E-state index contributed by atoms with van der Waals surface area (Å²) >= 11 is 0. The standard InChI is InChI=1S/C38H50N6O4/c1-3-40-36(47)38(24-28-11-5-4-6-12-28)18-10-20-44(26-38)35(46)33(23-29-16-17-30-13-7-8-14-31(30)22-29)42-37(48)41-32-15-9-19-43(25-32)34(45)21-27(2)39/h4-8,11-14,16-17,22,27,32-33H,3,9-10,15,18-21,23-26,39H2,1-2H3,(H,40,47)(H2,41,42,48). The van der Waals surface area contributed by atoms with Gasteiger partial charge >= 0.3 is 6.03 Å². The molecule has 0 aliphatic carbocycles. The highest BCUT2D eigenvalue weighted by Crippen LogP contribution is 2.35. The van der Waals surface area contributed by atoms with Crippen LogP contribution in [0.5, 0.6) is 0 Å². The van der Waals surface area contributed by atoms with E-state index in [1.165, 1.54) is 0 Å². The molecule has 48 heavy (non-hydrogen) atoms. The second-order valence-corrected chi connectivity index (χ2v) is 13.6. The summed E-state index contributed by atoms with van der Waals surface area (Å²) in [7, 11) is 0. The Bertz CT molecular complexity index is 1580. The number of hydrogen-bond donors (Lipinski definition) is 4. The van der Waals surface area contributed by atoms with Crippen LogP contribution in [0.15, 0.2) is 72.8 Å². The first-order chi connectivity index (χ1) is 23.2. The zero-order valence-electron chi connectivity index (χ0n) is 28.3. The molecule has 5 N–H and O–H groups in total. The summed E-state index contributed by atoms with van der Waals surface area (Å²) in [6.45, 7) is 6.03. The molecule has 2 heterocycles. The summed E-state index contributed by atoms with van der Waals surface area (Å²) in [5.41, 5.74) is 7.05. The quantitative estimate of drug-likeness (QED) is 0.250. The minimum absolute atomic E-state index is 0.0162. The van der Waals surface area contributed by atoms with Crippen molar-refractivity contribution in [2.75, 3.05) is 32.7 Å². The van der Waals surface area contributed by atoms with Crippen LogP contribution in [0.25, 0.3) is 10.8 Å². The SMILES string of the molecule is CCNC(=O)C1(Cc2ccccc2)CCCN(C(=O)C(Cc2ccc3ccccc3c2)NC(=O)NC2CCCN(C(=O)CC(C)N)C2)C1. The zero-order valence-corrected chi connectivity index (χ0v) is 28.3. The number of nitrogens with one attached hydrogen (secondary N) is 3. The topological polar surface area (TPSA) is 137 Å². The van der Waals surface area contributed by atoms with E-state index in [0.717, 1.165) is 34.7 Å². The number of likely N-dealkylation sites (tertiary alicyclic amines) is 2. The van der Waals surface area contributed by atoms with Crippen LogP contribution in [0.1, 0.15) is 57.1 Å². The third-order valence-electron chi connectivity index (χ3n) is 9.56. The van der Waals surface area contributed by atoms with E-state index in [0.29, 0.717) is 51.9 Å². The van der Waals surface area contributed by atoms with E-state index in [4.69, 9.17) is 5.73 Å². The summed E-state index contributed by atoms with van der Waals surface area (Å²) in [4.78, 5) is 57.8. The molecule has 5 rings (SSSR count). The maximum atomic E-state index is 14.4. The molecular formula is C38H50N6O4. The summed E-state index contributed by atoms with van der Waals surface area (Å²) in [6, 6.07) is 22.3. The van der Waals surface area contributed by atoms with Gasteiger partial charge in [-0.25, -0.2) is 4.79 Å². The monoisotopic (exact) mass is 654 g/mol. The third kappa shape index (κ3) is 8.92. The van der Waals surface area contributed by atoms with E-state index in [-0.39, 0.29) is 42.8 Å². The molecular weight excluding hydrogens is 604 g/mol. The molecule has 10 nitrogen and oxygen atoms in total. The number of urea groups is 1. The van der Waals surface area contributed by atoms with Gasteiger partial charge in [0.2, 0.25) is 17.7 Å². The molecule has 256 valence electrons. The molecule has 0 aromatic heterocycles. The highest BCUT2D eigenvalue weighted by molar-refractivity contribution is 5.90. The number of amides is 5. The van der Waals surface area contributed by atoms with E-state index in [9.17, 15) is 19.2 Å². The first-order valence-electron chi connectivity index (χ1n) is 17.3. The number of nitrogens with zero attached hydrogens (tertiary/aromatic N) is 2. The van der Waals surface area contributed by atoms with Gasteiger partial charge in [0.1, 0.15) is 6.04 Å². The predicted molar refractivity (Wildman–Crippen MR) is 188 cm³/mol. The normalized spacial score (nSPS) is 20.9. The van der Waals surface area contributed by atoms with Crippen molar-refractivity contribution in [3.05, 3.63) is 83.9 Å². The lowest BCUT2D eigenvalue weighted by Crippen LogP contribution is -2.60. The lowest BCUT2D eigenvalue weighted by atomic mass is 9.74. The van der Waals surface area contributed by atoms with Crippen molar-refractivity contribution < 1.29 is 19.2 Å². The van der Waals surface area contributed by atoms with E-state index >= 15 is 0 Å². The number of carbonyl (C=O) groups is 4. The van der Waals surface area contributed by atoms with E-state index < -0.39 is 17.5 Å². The molecule has 5 amide bonds. The molecule has 0 saturated carbocycles. The maximum absolute atomic E-state index is 14.4. The van der Waals surface area contributed by atoms with E-state index in [1.807, 2.05) is 80.6 Å². The van der Waals surface area contributed by atoms with Crippen LogP contribution < -0.4 is 21.7 Å². The Hall–Kier alpha value is -4.44. The first kappa shape index (κ1) is 34.9. The Morgan fingerprint density at radius 2 is 1.65 bits per heavy atom. The molecule has 2 fully saturated rings. The molecule has 4 atom stereocenters. The number of hydrogen-bond acceptors (Lipinski definition) is 5. The van der Waals surface area contributed by atoms with Crippen molar-refractivity contribution in [3.8, 4) is 0 Å². The van der Waals surface area contributed by atoms with Crippen LogP contribution >= 0.6 is 0 Å². The van der Waals surface area contributed by atoms with Crippen LogP contribution in [0, 0.1) is 5.41 Å². The van der Waals surface area contributed by atoms with Crippen molar-refractivity contribution in [2.45, 2.75) is 76.9 Å². The zero-order chi connectivity index (χ0) is 34.1.